The Hall–Kier alpha value is -0.0200. The van der Waals surface area contributed by atoms with Crippen molar-refractivity contribution < 1.29 is 0 Å². The Kier molecular flexibility index (Phi) is 3.28. The molecule has 2 rings (SSSR count). The van der Waals surface area contributed by atoms with E-state index in [1.165, 1.54) is 30.0 Å². The van der Waals surface area contributed by atoms with Crippen LogP contribution in [-0.2, 0) is 0 Å². The van der Waals surface area contributed by atoms with Crippen molar-refractivity contribution >= 4 is 27.7 Å². The van der Waals surface area contributed by atoms with Crippen LogP contribution in [0.25, 0.3) is 0 Å². The monoisotopic (exact) mass is 257 g/mol. The fourth-order valence-corrected chi connectivity index (χ4v) is 3.10. The van der Waals surface area contributed by atoms with E-state index < -0.39 is 0 Å². The highest BCUT2D eigenvalue weighted by atomic mass is 79.9. The van der Waals surface area contributed by atoms with E-state index in [0.29, 0.717) is 5.92 Å². The molecule has 0 amide bonds. The lowest BCUT2D eigenvalue weighted by Gasteiger charge is -2.20. The third kappa shape index (κ3) is 2.47. The third-order valence-corrected chi connectivity index (χ3v) is 3.92. The second kappa shape index (κ2) is 4.47. The lowest BCUT2D eigenvalue weighted by molar-refractivity contribution is 0.619. The van der Waals surface area contributed by atoms with Crippen molar-refractivity contribution in [2.75, 3.05) is 11.5 Å². The maximum atomic E-state index is 4.42. The SMILES string of the molecule is Brc1ccnc(C2CCSCC2)c1. The second-order valence-electron chi connectivity index (χ2n) is 3.29. The zero-order valence-corrected chi connectivity index (χ0v) is 9.77. The number of aromatic nitrogens is 1. The molecule has 13 heavy (non-hydrogen) atoms. The van der Waals surface area contributed by atoms with Crippen LogP contribution >= 0.6 is 27.7 Å². The lowest BCUT2D eigenvalue weighted by Crippen LogP contribution is -2.09. The molecule has 0 radical (unpaired) electrons. The molecule has 1 saturated heterocycles. The average molecular weight is 258 g/mol. The van der Waals surface area contributed by atoms with Gasteiger partial charge >= 0.3 is 0 Å². The summed E-state index contributed by atoms with van der Waals surface area (Å²) in [7, 11) is 0. The lowest BCUT2D eigenvalue weighted by atomic mass is 9.98. The van der Waals surface area contributed by atoms with Gasteiger partial charge in [-0.25, -0.2) is 0 Å². The highest BCUT2D eigenvalue weighted by molar-refractivity contribution is 9.10. The van der Waals surface area contributed by atoms with E-state index >= 15 is 0 Å². The van der Waals surface area contributed by atoms with Gasteiger partial charge in [0, 0.05) is 22.3 Å². The minimum absolute atomic E-state index is 0.693. The topological polar surface area (TPSA) is 12.9 Å². The fraction of sp³-hybridized carbons (Fsp3) is 0.500. The molecule has 70 valence electrons. The van der Waals surface area contributed by atoms with Crippen LogP contribution in [0, 0.1) is 0 Å². The Bertz CT molecular complexity index is 284. The normalized spacial score (nSPS) is 18.8. The molecule has 0 unspecified atom stereocenters. The van der Waals surface area contributed by atoms with Crippen LogP contribution < -0.4 is 0 Å². The van der Waals surface area contributed by atoms with Gasteiger partial charge in [0.2, 0.25) is 0 Å². The molecule has 3 heteroatoms. The molecule has 0 N–H and O–H groups in total. The number of halogens is 1. The largest absolute Gasteiger partial charge is 0.261 e. The number of pyridine rings is 1. The van der Waals surface area contributed by atoms with E-state index in [2.05, 4.69) is 38.7 Å². The molecular formula is C10H12BrNS. The first-order valence-electron chi connectivity index (χ1n) is 4.55. The van der Waals surface area contributed by atoms with Gasteiger partial charge < -0.3 is 0 Å². The summed E-state index contributed by atoms with van der Waals surface area (Å²) >= 11 is 5.54. The van der Waals surface area contributed by atoms with Crippen LogP contribution in [0.15, 0.2) is 22.8 Å². The molecule has 0 saturated carbocycles. The summed E-state index contributed by atoms with van der Waals surface area (Å²) in [5.41, 5.74) is 1.26. The molecule has 1 fully saturated rings. The number of thioether (sulfide) groups is 1. The summed E-state index contributed by atoms with van der Waals surface area (Å²) in [5.74, 6) is 3.27. The van der Waals surface area contributed by atoms with Crippen LogP contribution in [0.5, 0.6) is 0 Å². The molecule has 0 bridgehead atoms. The van der Waals surface area contributed by atoms with Gasteiger partial charge in [0.1, 0.15) is 0 Å². The molecular weight excluding hydrogens is 246 g/mol. The van der Waals surface area contributed by atoms with E-state index in [9.17, 15) is 0 Å². The molecule has 0 spiro atoms. The first-order chi connectivity index (χ1) is 6.36. The Morgan fingerprint density at radius 2 is 2.15 bits per heavy atom. The molecule has 1 aliphatic heterocycles. The van der Waals surface area contributed by atoms with E-state index in [-0.39, 0.29) is 0 Å². The molecule has 2 heterocycles. The molecule has 1 aromatic rings. The number of nitrogens with zero attached hydrogens (tertiary/aromatic N) is 1. The Morgan fingerprint density at radius 3 is 2.85 bits per heavy atom. The summed E-state index contributed by atoms with van der Waals surface area (Å²) in [4.78, 5) is 4.42. The van der Waals surface area contributed by atoms with Crippen molar-refractivity contribution in [2.24, 2.45) is 0 Å². The highest BCUT2D eigenvalue weighted by Crippen LogP contribution is 2.31. The third-order valence-electron chi connectivity index (χ3n) is 2.38. The average Bonchev–Trinajstić information content (AvgIpc) is 2.19. The maximum absolute atomic E-state index is 4.42. The molecule has 1 aromatic heterocycles. The zero-order chi connectivity index (χ0) is 9.10. The van der Waals surface area contributed by atoms with Gasteiger partial charge in [0.25, 0.3) is 0 Å². The van der Waals surface area contributed by atoms with Crippen LogP contribution in [-0.4, -0.2) is 16.5 Å². The van der Waals surface area contributed by atoms with Crippen molar-refractivity contribution in [2.45, 2.75) is 18.8 Å². The minimum atomic E-state index is 0.693. The van der Waals surface area contributed by atoms with Gasteiger partial charge in [-0.1, -0.05) is 15.9 Å². The van der Waals surface area contributed by atoms with E-state index in [1.807, 2.05) is 12.3 Å². The van der Waals surface area contributed by atoms with Gasteiger partial charge in [-0.2, -0.15) is 11.8 Å². The number of hydrogen-bond donors (Lipinski definition) is 0. The molecule has 1 aliphatic rings. The fourth-order valence-electron chi connectivity index (χ4n) is 1.64. The van der Waals surface area contributed by atoms with Gasteiger partial charge in [0.15, 0.2) is 0 Å². The van der Waals surface area contributed by atoms with Crippen molar-refractivity contribution in [3.05, 3.63) is 28.5 Å². The minimum Gasteiger partial charge on any atom is -0.261 e. The smallest absolute Gasteiger partial charge is 0.0446 e. The Balaban J connectivity index is 2.14. The van der Waals surface area contributed by atoms with Crippen LogP contribution in [0.2, 0.25) is 0 Å². The number of rotatable bonds is 1. The van der Waals surface area contributed by atoms with Crippen molar-refractivity contribution in [1.82, 2.24) is 4.98 Å². The van der Waals surface area contributed by atoms with Crippen molar-refractivity contribution in [1.29, 1.82) is 0 Å². The first kappa shape index (κ1) is 9.53. The zero-order valence-electron chi connectivity index (χ0n) is 7.37. The molecule has 1 nitrogen and oxygen atoms in total. The summed E-state index contributed by atoms with van der Waals surface area (Å²) in [5, 5.41) is 0. The summed E-state index contributed by atoms with van der Waals surface area (Å²) in [6, 6.07) is 4.14. The maximum Gasteiger partial charge on any atom is 0.0446 e. The van der Waals surface area contributed by atoms with Gasteiger partial charge in [0.05, 0.1) is 0 Å². The Morgan fingerprint density at radius 1 is 1.38 bits per heavy atom. The Labute approximate surface area is 91.5 Å². The predicted octanol–water partition coefficient (Wildman–Crippen LogP) is 3.45. The van der Waals surface area contributed by atoms with Crippen LogP contribution in [0.3, 0.4) is 0 Å². The highest BCUT2D eigenvalue weighted by Gasteiger charge is 2.16. The molecule has 0 aromatic carbocycles. The predicted molar refractivity (Wildman–Crippen MR) is 61.2 cm³/mol. The van der Waals surface area contributed by atoms with Crippen molar-refractivity contribution in [3.63, 3.8) is 0 Å². The van der Waals surface area contributed by atoms with E-state index in [4.69, 9.17) is 0 Å². The second-order valence-corrected chi connectivity index (χ2v) is 5.43. The number of hydrogen-bond acceptors (Lipinski definition) is 2. The van der Waals surface area contributed by atoms with Gasteiger partial charge in [-0.3, -0.25) is 4.98 Å². The van der Waals surface area contributed by atoms with Crippen LogP contribution in [0.4, 0.5) is 0 Å². The standard InChI is InChI=1S/C10H12BrNS/c11-9-1-4-12-10(7-9)8-2-5-13-6-3-8/h1,4,7-8H,2-3,5-6H2. The van der Waals surface area contributed by atoms with Crippen molar-refractivity contribution in [3.8, 4) is 0 Å². The quantitative estimate of drug-likeness (QED) is 0.765. The summed E-state index contributed by atoms with van der Waals surface area (Å²) in [6.45, 7) is 0. The van der Waals surface area contributed by atoms with Crippen LogP contribution in [0.1, 0.15) is 24.5 Å². The van der Waals surface area contributed by atoms with E-state index in [1.54, 1.807) is 0 Å². The summed E-state index contributed by atoms with van der Waals surface area (Å²) < 4.78 is 1.15. The molecule has 0 atom stereocenters. The van der Waals surface area contributed by atoms with Gasteiger partial charge in [-0.15, -0.1) is 0 Å². The van der Waals surface area contributed by atoms with E-state index in [0.717, 1.165) is 4.47 Å². The van der Waals surface area contributed by atoms with Gasteiger partial charge in [-0.05, 0) is 36.5 Å². The first-order valence-corrected chi connectivity index (χ1v) is 6.50. The molecule has 0 aliphatic carbocycles. The summed E-state index contributed by atoms with van der Waals surface area (Å²) in [6.07, 6.45) is 4.46.